The normalized spacial score (nSPS) is 10.4. The Morgan fingerprint density at radius 3 is 2.33 bits per heavy atom. The van der Waals surface area contributed by atoms with Crippen LogP contribution in [0.2, 0.25) is 0 Å². The second-order valence-corrected chi connectivity index (χ2v) is 5.58. The average Bonchev–Trinajstić information content (AvgIpc) is 2.99. The van der Waals surface area contributed by atoms with E-state index in [1.165, 1.54) is 0 Å². The third-order valence-corrected chi connectivity index (χ3v) is 4.10. The van der Waals surface area contributed by atoms with Gasteiger partial charge >= 0.3 is 0 Å². The molecule has 1 heterocycles. The van der Waals surface area contributed by atoms with Crippen molar-refractivity contribution in [3.8, 4) is 17.2 Å². The number of aryl methyl sites for hydroxylation is 1. The van der Waals surface area contributed by atoms with E-state index in [1.54, 1.807) is 25.6 Å². The van der Waals surface area contributed by atoms with Gasteiger partial charge in [0, 0.05) is 30.0 Å². The number of aromatic nitrogens is 1. The molecule has 114 valence electrons. The number of rotatable bonds is 8. The van der Waals surface area contributed by atoms with Crippen LogP contribution in [-0.2, 0) is 12.3 Å². The smallest absolute Gasteiger partial charge is 0.126 e. The Hall–Kier alpha value is -1.46. The summed E-state index contributed by atoms with van der Waals surface area (Å²) in [6.07, 6.45) is 1.79. The highest BCUT2D eigenvalue weighted by molar-refractivity contribution is 7.09. The fraction of sp³-hybridized carbons (Fsp3) is 0.400. The van der Waals surface area contributed by atoms with Crippen molar-refractivity contribution in [3.05, 3.63) is 34.3 Å². The lowest BCUT2D eigenvalue weighted by atomic mass is 10.3. The van der Waals surface area contributed by atoms with Crippen molar-refractivity contribution in [3.63, 3.8) is 0 Å². The second kappa shape index (κ2) is 8.10. The Morgan fingerprint density at radius 2 is 1.76 bits per heavy atom. The van der Waals surface area contributed by atoms with Gasteiger partial charge < -0.3 is 14.2 Å². The molecule has 0 unspecified atom stereocenters. The number of ether oxygens (including phenoxy) is 3. The van der Waals surface area contributed by atoms with E-state index < -0.39 is 0 Å². The van der Waals surface area contributed by atoms with Crippen LogP contribution in [-0.4, -0.2) is 25.8 Å². The first-order valence-electron chi connectivity index (χ1n) is 6.60. The van der Waals surface area contributed by atoms with Crippen molar-refractivity contribution < 1.29 is 14.2 Å². The van der Waals surface area contributed by atoms with Gasteiger partial charge in [0.05, 0.1) is 37.4 Å². The van der Waals surface area contributed by atoms with Crippen molar-refractivity contribution in [2.45, 2.75) is 18.7 Å². The molecule has 0 atom stereocenters. The molecule has 0 aliphatic rings. The predicted octanol–water partition coefficient (Wildman–Crippen LogP) is 3.91. The maximum atomic E-state index is 5.74. The number of hydrogen-bond donors (Lipinski definition) is 0. The fourth-order valence-corrected chi connectivity index (χ4v) is 2.87. The van der Waals surface area contributed by atoms with Crippen molar-refractivity contribution in [2.75, 3.05) is 20.8 Å². The van der Waals surface area contributed by atoms with Crippen LogP contribution < -0.4 is 14.2 Å². The number of nitrogens with zero attached hydrogens (tertiary/aromatic N) is 1. The quantitative estimate of drug-likeness (QED) is 0.544. The highest BCUT2D eigenvalue weighted by Crippen LogP contribution is 2.27. The van der Waals surface area contributed by atoms with E-state index >= 15 is 0 Å². The zero-order chi connectivity index (χ0) is 15.1. The van der Waals surface area contributed by atoms with E-state index in [0.717, 1.165) is 40.8 Å². The summed E-state index contributed by atoms with van der Waals surface area (Å²) in [4.78, 5) is 4.42. The molecule has 0 fully saturated rings. The van der Waals surface area contributed by atoms with E-state index in [-0.39, 0.29) is 0 Å². The molecule has 1 aromatic carbocycles. The largest absolute Gasteiger partial charge is 0.496 e. The molecule has 0 amide bonds. The Morgan fingerprint density at radius 1 is 1.10 bits per heavy atom. The number of thiazole rings is 1. The lowest BCUT2D eigenvalue weighted by molar-refractivity contribution is 0.305. The lowest BCUT2D eigenvalue weighted by Gasteiger charge is -2.09. The number of benzene rings is 1. The van der Waals surface area contributed by atoms with Crippen LogP contribution in [0.4, 0.5) is 0 Å². The number of alkyl halides is 1. The first-order chi connectivity index (χ1) is 10.2. The summed E-state index contributed by atoms with van der Waals surface area (Å²) in [6, 6.07) is 5.51. The van der Waals surface area contributed by atoms with E-state index in [0.29, 0.717) is 12.5 Å². The van der Waals surface area contributed by atoms with Gasteiger partial charge in [-0.1, -0.05) is 0 Å². The Bertz CT molecular complexity index is 552. The van der Waals surface area contributed by atoms with Crippen LogP contribution in [0.25, 0.3) is 0 Å². The molecule has 1 aromatic heterocycles. The summed E-state index contributed by atoms with van der Waals surface area (Å²) in [5, 5.41) is 3.09. The molecule has 2 rings (SSSR count). The molecule has 0 aliphatic heterocycles. The minimum atomic E-state index is 0.469. The molecule has 0 aliphatic carbocycles. The SMILES string of the molecule is COc1cc(OC)cc(OCCCc2nc(CCl)cs2)c1. The van der Waals surface area contributed by atoms with Gasteiger partial charge in [0.25, 0.3) is 0 Å². The summed E-state index contributed by atoms with van der Waals surface area (Å²) >= 11 is 7.38. The van der Waals surface area contributed by atoms with Crippen LogP contribution in [0.5, 0.6) is 17.2 Å². The molecule has 0 N–H and O–H groups in total. The van der Waals surface area contributed by atoms with Gasteiger partial charge in [-0.3, -0.25) is 0 Å². The molecule has 0 spiro atoms. The van der Waals surface area contributed by atoms with Crippen LogP contribution in [0.15, 0.2) is 23.6 Å². The highest BCUT2D eigenvalue weighted by atomic mass is 35.5. The summed E-state index contributed by atoms with van der Waals surface area (Å²) in [5.74, 6) is 2.65. The van der Waals surface area contributed by atoms with Crippen molar-refractivity contribution in [1.29, 1.82) is 0 Å². The molecule has 4 nitrogen and oxygen atoms in total. The van der Waals surface area contributed by atoms with Gasteiger partial charge in [0.2, 0.25) is 0 Å². The monoisotopic (exact) mass is 327 g/mol. The van der Waals surface area contributed by atoms with E-state index in [2.05, 4.69) is 4.98 Å². The molecule has 2 aromatic rings. The van der Waals surface area contributed by atoms with Gasteiger partial charge in [-0.05, 0) is 6.42 Å². The zero-order valence-electron chi connectivity index (χ0n) is 12.1. The molecule has 6 heteroatoms. The fourth-order valence-electron chi connectivity index (χ4n) is 1.80. The summed E-state index contributed by atoms with van der Waals surface area (Å²) in [6.45, 7) is 0.617. The molecule has 0 saturated heterocycles. The number of hydrogen-bond acceptors (Lipinski definition) is 5. The minimum Gasteiger partial charge on any atom is -0.496 e. The Labute approximate surface area is 133 Å². The highest BCUT2D eigenvalue weighted by Gasteiger charge is 2.04. The first-order valence-corrected chi connectivity index (χ1v) is 8.01. The Kier molecular flexibility index (Phi) is 6.14. The van der Waals surface area contributed by atoms with Crippen molar-refractivity contribution >= 4 is 22.9 Å². The summed E-state index contributed by atoms with van der Waals surface area (Å²) < 4.78 is 16.2. The van der Waals surface area contributed by atoms with Crippen LogP contribution in [0.1, 0.15) is 17.1 Å². The van der Waals surface area contributed by atoms with Gasteiger partial charge in [-0.2, -0.15) is 0 Å². The average molecular weight is 328 g/mol. The third-order valence-electron chi connectivity index (χ3n) is 2.86. The maximum absolute atomic E-state index is 5.74. The van der Waals surface area contributed by atoms with Gasteiger partial charge in [-0.25, -0.2) is 4.98 Å². The van der Waals surface area contributed by atoms with Gasteiger partial charge in [-0.15, -0.1) is 22.9 Å². The van der Waals surface area contributed by atoms with E-state index in [9.17, 15) is 0 Å². The molecular weight excluding hydrogens is 310 g/mol. The molecule has 0 radical (unpaired) electrons. The van der Waals surface area contributed by atoms with E-state index in [1.807, 2.05) is 23.6 Å². The summed E-state index contributed by atoms with van der Waals surface area (Å²) in [7, 11) is 3.24. The van der Waals surface area contributed by atoms with Gasteiger partial charge in [0.15, 0.2) is 0 Å². The van der Waals surface area contributed by atoms with Crippen molar-refractivity contribution in [2.24, 2.45) is 0 Å². The molecule has 0 saturated carbocycles. The second-order valence-electron chi connectivity index (χ2n) is 4.37. The third kappa shape index (κ3) is 4.79. The Balaban J connectivity index is 1.82. The topological polar surface area (TPSA) is 40.6 Å². The lowest BCUT2D eigenvalue weighted by Crippen LogP contribution is -2.00. The van der Waals surface area contributed by atoms with E-state index in [4.69, 9.17) is 25.8 Å². The van der Waals surface area contributed by atoms with Crippen LogP contribution >= 0.6 is 22.9 Å². The van der Waals surface area contributed by atoms with Crippen LogP contribution in [0, 0.1) is 0 Å². The molecular formula is C15H18ClNO3S. The first kappa shape index (κ1) is 15.9. The number of methoxy groups -OCH3 is 2. The maximum Gasteiger partial charge on any atom is 0.126 e. The zero-order valence-corrected chi connectivity index (χ0v) is 13.7. The molecule has 0 bridgehead atoms. The predicted molar refractivity (Wildman–Crippen MR) is 85.0 cm³/mol. The number of halogens is 1. The molecule has 21 heavy (non-hydrogen) atoms. The van der Waals surface area contributed by atoms with Gasteiger partial charge in [0.1, 0.15) is 17.2 Å². The minimum absolute atomic E-state index is 0.469. The summed E-state index contributed by atoms with van der Waals surface area (Å²) in [5.41, 5.74) is 0.940. The van der Waals surface area contributed by atoms with Crippen LogP contribution in [0.3, 0.4) is 0 Å². The standard InChI is InChI=1S/C15H18ClNO3S/c1-18-12-6-13(19-2)8-14(7-12)20-5-3-4-15-17-11(9-16)10-21-15/h6-8,10H,3-5,9H2,1-2H3. The van der Waals surface area contributed by atoms with Crippen molar-refractivity contribution in [1.82, 2.24) is 4.98 Å².